The third-order valence-electron chi connectivity index (χ3n) is 3.24. The van der Waals surface area contributed by atoms with Gasteiger partial charge in [0.25, 0.3) is 0 Å². The van der Waals surface area contributed by atoms with Crippen molar-refractivity contribution in [2.45, 2.75) is 0 Å². The van der Waals surface area contributed by atoms with Crippen LogP contribution in [0.5, 0.6) is 0 Å². The fourth-order valence-corrected chi connectivity index (χ4v) is 2.43. The molecule has 4 heteroatoms. The minimum Gasteiger partial charge on any atom is -0.396 e. The van der Waals surface area contributed by atoms with Crippen molar-refractivity contribution >= 4 is 28.2 Å². The second-order valence-corrected chi connectivity index (χ2v) is 4.88. The van der Waals surface area contributed by atoms with E-state index in [-0.39, 0.29) is 6.61 Å². The molecule has 1 aliphatic heterocycles. The van der Waals surface area contributed by atoms with Crippen LogP contribution in [0.25, 0.3) is 10.9 Å². The molecule has 0 atom stereocenters. The minimum atomic E-state index is 0.269. The molecule has 0 spiro atoms. The van der Waals surface area contributed by atoms with Gasteiger partial charge in [-0.15, -0.1) is 0 Å². The van der Waals surface area contributed by atoms with Gasteiger partial charge in [-0.1, -0.05) is 11.6 Å². The van der Waals surface area contributed by atoms with E-state index in [4.69, 9.17) is 16.7 Å². The average molecular weight is 249 g/mol. The lowest BCUT2D eigenvalue weighted by Gasteiger charge is -2.40. The first-order chi connectivity index (χ1) is 8.28. The number of halogens is 1. The van der Waals surface area contributed by atoms with Crippen LogP contribution in [0.2, 0.25) is 5.02 Å². The Morgan fingerprint density at radius 2 is 2.18 bits per heavy atom. The number of hydrogen-bond donors (Lipinski definition) is 1. The summed E-state index contributed by atoms with van der Waals surface area (Å²) in [7, 11) is 0. The van der Waals surface area contributed by atoms with E-state index < -0.39 is 0 Å². The lowest BCUT2D eigenvalue weighted by Crippen LogP contribution is -2.48. The number of aliphatic hydroxyl groups is 1. The maximum atomic E-state index is 9.04. The first kappa shape index (κ1) is 10.8. The highest BCUT2D eigenvalue weighted by molar-refractivity contribution is 6.31. The number of rotatable bonds is 2. The van der Waals surface area contributed by atoms with Crippen molar-refractivity contribution in [1.29, 1.82) is 0 Å². The van der Waals surface area contributed by atoms with Gasteiger partial charge in [0.15, 0.2) is 0 Å². The highest BCUT2D eigenvalue weighted by Gasteiger charge is 2.27. The van der Waals surface area contributed by atoms with Crippen LogP contribution in [0.4, 0.5) is 5.69 Å². The van der Waals surface area contributed by atoms with E-state index in [1.165, 1.54) is 5.69 Å². The van der Waals surface area contributed by atoms with Gasteiger partial charge in [-0.05, 0) is 24.3 Å². The number of anilines is 1. The monoisotopic (exact) mass is 248 g/mol. The molecule has 17 heavy (non-hydrogen) atoms. The maximum Gasteiger partial charge on any atom is 0.0737 e. The van der Waals surface area contributed by atoms with Crippen molar-refractivity contribution < 1.29 is 5.11 Å². The number of pyridine rings is 1. The molecule has 1 aromatic heterocycles. The molecule has 0 unspecified atom stereocenters. The molecular weight excluding hydrogens is 236 g/mol. The zero-order valence-electron chi connectivity index (χ0n) is 9.31. The Morgan fingerprint density at radius 1 is 1.35 bits per heavy atom. The fraction of sp³-hybridized carbons (Fsp3) is 0.308. The molecule has 2 heterocycles. The van der Waals surface area contributed by atoms with E-state index in [2.05, 4.69) is 9.88 Å². The Bertz CT molecular complexity index is 552. The second-order valence-electron chi connectivity index (χ2n) is 4.45. The third kappa shape index (κ3) is 1.85. The number of aliphatic hydroxyl groups excluding tert-OH is 1. The van der Waals surface area contributed by atoms with Crippen LogP contribution in [0.1, 0.15) is 0 Å². The Kier molecular flexibility index (Phi) is 2.65. The molecule has 1 N–H and O–H groups in total. The Morgan fingerprint density at radius 3 is 2.94 bits per heavy atom. The predicted molar refractivity (Wildman–Crippen MR) is 69.5 cm³/mol. The molecule has 1 aliphatic rings. The van der Waals surface area contributed by atoms with Crippen molar-refractivity contribution in [3.63, 3.8) is 0 Å². The smallest absolute Gasteiger partial charge is 0.0737 e. The number of hydrogen-bond acceptors (Lipinski definition) is 3. The van der Waals surface area contributed by atoms with Gasteiger partial charge in [-0.3, -0.25) is 4.98 Å². The van der Waals surface area contributed by atoms with Crippen molar-refractivity contribution in [3.8, 4) is 0 Å². The summed E-state index contributed by atoms with van der Waals surface area (Å²) in [6, 6.07) is 7.79. The van der Waals surface area contributed by atoms with Gasteiger partial charge in [-0.25, -0.2) is 0 Å². The highest BCUT2D eigenvalue weighted by Crippen LogP contribution is 2.31. The molecule has 3 nitrogen and oxygen atoms in total. The van der Waals surface area contributed by atoms with Gasteiger partial charge in [-0.2, -0.15) is 0 Å². The summed E-state index contributed by atoms with van der Waals surface area (Å²) in [4.78, 5) is 6.58. The van der Waals surface area contributed by atoms with E-state index in [0.29, 0.717) is 10.9 Å². The summed E-state index contributed by atoms with van der Waals surface area (Å²) >= 11 is 5.96. The average Bonchev–Trinajstić information content (AvgIpc) is 2.27. The first-order valence-electron chi connectivity index (χ1n) is 5.68. The van der Waals surface area contributed by atoms with Gasteiger partial charge in [0, 0.05) is 47.9 Å². The van der Waals surface area contributed by atoms with E-state index in [1.807, 2.05) is 24.3 Å². The van der Waals surface area contributed by atoms with Crippen LogP contribution < -0.4 is 4.90 Å². The molecule has 0 amide bonds. The largest absolute Gasteiger partial charge is 0.396 e. The molecule has 0 saturated carbocycles. The zero-order valence-corrected chi connectivity index (χ0v) is 10.1. The van der Waals surface area contributed by atoms with Gasteiger partial charge in [0.05, 0.1) is 5.52 Å². The standard InChI is InChI=1S/C13H13ClN2O/c14-10-1-2-11-12(5-10)15-4-3-13(11)16-6-9(7-16)8-17/h1-5,9,17H,6-8H2. The Labute approximate surface area is 105 Å². The van der Waals surface area contributed by atoms with Gasteiger partial charge < -0.3 is 10.0 Å². The van der Waals surface area contributed by atoms with Crippen LogP contribution in [-0.4, -0.2) is 29.8 Å². The van der Waals surface area contributed by atoms with Gasteiger partial charge in [0.2, 0.25) is 0 Å². The summed E-state index contributed by atoms with van der Waals surface area (Å²) in [5.41, 5.74) is 2.10. The predicted octanol–water partition coefficient (Wildman–Crippen LogP) is 2.32. The number of fused-ring (bicyclic) bond motifs is 1. The van der Waals surface area contributed by atoms with E-state index in [9.17, 15) is 0 Å². The Balaban J connectivity index is 2.00. The van der Waals surface area contributed by atoms with Gasteiger partial charge >= 0.3 is 0 Å². The SMILES string of the molecule is OCC1CN(c2ccnc3cc(Cl)ccc23)C1. The molecule has 88 valence electrons. The zero-order chi connectivity index (χ0) is 11.8. The summed E-state index contributed by atoms with van der Waals surface area (Å²) in [6.07, 6.45) is 1.81. The van der Waals surface area contributed by atoms with Crippen LogP contribution in [0, 0.1) is 5.92 Å². The molecule has 0 radical (unpaired) electrons. The first-order valence-corrected chi connectivity index (χ1v) is 6.06. The molecule has 1 fully saturated rings. The fourth-order valence-electron chi connectivity index (χ4n) is 2.26. The van der Waals surface area contributed by atoms with Crippen molar-refractivity contribution in [3.05, 3.63) is 35.5 Å². The molecule has 0 bridgehead atoms. The topological polar surface area (TPSA) is 36.4 Å². The summed E-state index contributed by atoms with van der Waals surface area (Å²) < 4.78 is 0. The molecular formula is C13H13ClN2O. The minimum absolute atomic E-state index is 0.269. The highest BCUT2D eigenvalue weighted by atomic mass is 35.5. The van der Waals surface area contributed by atoms with Crippen LogP contribution in [0.3, 0.4) is 0 Å². The van der Waals surface area contributed by atoms with E-state index in [1.54, 1.807) is 6.20 Å². The number of benzene rings is 1. The van der Waals surface area contributed by atoms with Crippen molar-refractivity contribution in [2.75, 3.05) is 24.6 Å². The van der Waals surface area contributed by atoms with Crippen LogP contribution >= 0.6 is 11.6 Å². The van der Waals surface area contributed by atoms with Crippen molar-refractivity contribution in [1.82, 2.24) is 4.98 Å². The molecule has 0 aliphatic carbocycles. The molecule has 2 aromatic rings. The third-order valence-corrected chi connectivity index (χ3v) is 3.47. The Hall–Kier alpha value is -1.32. The summed E-state index contributed by atoms with van der Waals surface area (Å²) in [6.45, 7) is 2.10. The van der Waals surface area contributed by atoms with Crippen LogP contribution in [-0.2, 0) is 0 Å². The van der Waals surface area contributed by atoms with E-state index in [0.717, 1.165) is 24.0 Å². The summed E-state index contributed by atoms with van der Waals surface area (Å²) in [5, 5.41) is 10.9. The van der Waals surface area contributed by atoms with Gasteiger partial charge in [0.1, 0.15) is 0 Å². The lowest BCUT2D eigenvalue weighted by molar-refractivity contribution is 0.201. The molecule has 3 rings (SSSR count). The number of nitrogens with zero attached hydrogens (tertiary/aromatic N) is 2. The van der Waals surface area contributed by atoms with E-state index >= 15 is 0 Å². The molecule has 1 saturated heterocycles. The normalized spacial score (nSPS) is 16.2. The van der Waals surface area contributed by atoms with Crippen LogP contribution in [0.15, 0.2) is 30.5 Å². The van der Waals surface area contributed by atoms with Crippen molar-refractivity contribution in [2.24, 2.45) is 5.92 Å². The molecule has 1 aromatic carbocycles. The quantitative estimate of drug-likeness (QED) is 0.886. The second kappa shape index (κ2) is 4.17. The number of aromatic nitrogens is 1. The maximum absolute atomic E-state index is 9.04. The summed E-state index contributed by atoms with van der Waals surface area (Å²) in [5.74, 6) is 0.408. The lowest BCUT2D eigenvalue weighted by atomic mass is 9.99.